The molecule has 6 nitrogen and oxygen atoms in total. The van der Waals surface area contributed by atoms with Crippen molar-refractivity contribution < 1.29 is 14.1 Å². The van der Waals surface area contributed by atoms with Crippen LogP contribution < -0.4 is 5.73 Å². The van der Waals surface area contributed by atoms with Gasteiger partial charge in [-0.3, -0.25) is 9.59 Å². The van der Waals surface area contributed by atoms with Gasteiger partial charge in [0.25, 0.3) is 5.91 Å². The Morgan fingerprint density at radius 1 is 1.40 bits per heavy atom. The molecule has 2 aliphatic carbocycles. The van der Waals surface area contributed by atoms with Crippen molar-refractivity contribution in [2.45, 2.75) is 52.4 Å². The summed E-state index contributed by atoms with van der Waals surface area (Å²) >= 11 is 0. The van der Waals surface area contributed by atoms with Crippen molar-refractivity contribution in [3.05, 3.63) is 28.8 Å². The van der Waals surface area contributed by atoms with E-state index in [0.717, 1.165) is 31.4 Å². The molecule has 3 aliphatic rings. The minimum Gasteiger partial charge on any atom is -0.396 e. The number of aryl methyl sites for hydroxylation is 1. The van der Waals surface area contributed by atoms with Crippen LogP contribution >= 0.6 is 0 Å². The van der Waals surface area contributed by atoms with Gasteiger partial charge in [0.1, 0.15) is 11.3 Å². The van der Waals surface area contributed by atoms with Gasteiger partial charge in [-0.1, -0.05) is 19.0 Å². The van der Waals surface area contributed by atoms with Crippen molar-refractivity contribution in [3.8, 4) is 0 Å². The lowest BCUT2D eigenvalue weighted by Crippen LogP contribution is -2.42. The lowest BCUT2D eigenvalue weighted by atomic mass is 9.65. The van der Waals surface area contributed by atoms with Crippen LogP contribution in [0.1, 0.15) is 67.3 Å². The third-order valence-electron chi connectivity index (χ3n) is 5.87. The first kappa shape index (κ1) is 16.4. The summed E-state index contributed by atoms with van der Waals surface area (Å²) in [4.78, 5) is 27.3. The van der Waals surface area contributed by atoms with Gasteiger partial charge in [0.05, 0.1) is 11.4 Å². The Morgan fingerprint density at radius 3 is 2.76 bits per heavy atom. The molecule has 1 saturated carbocycles. The molecule has 4 rings (SSSR count). The molecule has 1 saturated heterocycles. The van der Waals surface area contributed by atoms with Crippen molar-refractivity contribution >= 4 is 11.7 Å². The number of nitrogens with two attached hydrogens (primary N) is 1. The molecule has 1 aliphatic heterocycles. The standard InChI is InChI=1S/C19H25N3O3/c1-11-14(15(21-25-11)12-4-5-12)17(24)22-7-6-19(10-22)8-13(20)16(23)18(2,3)9-19/h8,12H,4-7,9-10,20H2,1-3H3/t19-/m1/s1. The monoisotopic (exact) mass is 343 g/mol. The van der Waals surface area contributed by atoms with E-state index in [0.29, 0.717) is 36.0 Å². The lowest BCUT2D eigenvalue weighted by molar-refractivity contribution is -0.125. The van der Waals surface area contributed by atoms with Crippen LogP contribution in [0.25, 0.3) is 0 Å². The molecule has 2 N–H and O–H groups in total. The summed E-state index contributed by atoms with van der Waals surface area (Å²) in [6.45, 7) is 6.95. The average Bonchev–Trinajstić information content (AvgIpc) is 3.20. The van der Waals surface area contributed by atoms with Crippen molar-refractivity contribution in [2.24, 2.45) is 16.6 Å². The molecule has 0 radical (unpaired) electrons. The number of amides is 1. The first-order chi connectivity index (χ1) is 11.7. The second-order valence-corrected chi connectivity index (χ2v) is 8.60. The van der Waals surface area contributed by atoms with E-state index in [1.165, 1.54) is 0 Å². The molecule has 1 spiro atoms. The van der Waals surface area contributed by atoms with E-state index < -0.39 is 5.41 Å². The molecule has 2 heterocycles. The Kier molecular flexibility index (Phi) is 3.40. The van der Waals surface area contributed by atoms with E-state index in [9.17, 15) is 9.59 Å². The number of carbonyl (C=O) groups excluding carboxylic acids is 2. The molecule has 0 unspecified atom stereocenters. The largest absolute Gasteiger partial charge is 0.396 e. The zero-order chi connectivity index (χ0) is 18.0. The maximum Gasteiger partial charge on any atom is 0.259 e. The smallest absolute Gasteiger partial charge is 0.259 e. The predicted octanol–water partition coefficient (Wildman–Crippen LogP) is 2.53. The van der Waals surface area contributed by atoms with E-state index in [1.807, 2.05) is 24.8 Å². The van der Waals surface area contributed by atoms with Gasteiger partial charge >= 0.3 is 0 Å². The maximum atomic E-state index is 13.1. The molecular formula is C19H25N3O3. The number of hydrogen-bond acceptors (Lipinski definition) is 5. The average molecular weight is 343 g/mol. The zero-order valence-electron chi connectivity index (χ0n) is 15.1. The number of carbonyl (C=O) groups is 2. The van der Waals surface area contributed by atoms with Crippen LogP contribution in [0.15, 0.2) is 16.3 Å². The van der Waals surface area contributed by atoms with E-state index in [4.69, 9.17) is 10.3 Å². The van der Waals surface area contributed by atoms with Crippen molar-refractivity contribution in [2.75, 3.05) is 13.1 Å². The number of hydrogen-bond donors (Lipinski definition) is 1. The number of aromatic nitrogens is 1. The number of rotatable bonds is 2. The van der Waals surface area contributed by atoms with Gasteiger partial charge in [-0.15, -0.1) is 0 Å². The summed E-state index contributed by atoms with van der Waals surface area (Å²) in [6, 6.07) is 0. The van der Waals surface area contributed by atoms with Gasteiger partial charge in [-0.2, -0.15) is 0 Å². The molecule has 1 atom stereocenters. The molecule has 0 aromatic carbocycles. The third-order valence-corrected chi connectivity index (χ3v) is 5.87. The minimum absolute atomic E-state index is 0.000738. The first-order valence-corrected chi connectivity index (χ1v) is 9.01. The fourth-order valence-corrected chi connectivity index (χ4v) is 4.57. The number of nitrogens with zero attached hydrogens (tertiary/aromatic N) is 2. The SMILES string of the molecule is Cc1onc(C2CC2)c1C(=O)N1CC[C@]2(C=C(N)C(=O)C(C)(C)C2)C1. The van der Waals surface area contributed by atoms with Crippen molar-refractivity contribution in [1.82, 2.24) is 10.1 Å². The quantitative estimate of drug-likeness (QED) is 0.891. The molecular weight excluding hydrogens is 318 g/mol. The highest BCUT2D eigenvalue weighted by Gasteiger charge is 2.49. The summed E-state index contributed by atoms with van der Waals surface area (Å²) in [5.41, 5.74) is 7.11. The normalized spacial score (nSPS) is 28.5. The Balaban J connectivity index is 1.60. The van der Waals surface area contributed by atoms with E-state index >= 15 is 0 Å². The van der Waals surface area contributed by atoms with Crippen LogP contribution in [0.2, 0.25) is 0 Å². The van der Waals surface area contributed by atoms with E-state index in [1.54, 1.807) is 6.92 Å². The van der Waals surface area contributed by atoms with Crippen molar-refractivity contribution in [3.63, 3.8) is 0 Å². The minimum atomic E-state index is -0.482. The lowest BCUT2D eigenvalue weighted by Gasteiger charge is -2.39. The van der Waals surface area contributed by atoms with Crippen LogP contribution in [0.3, 0.4) is 0 Å². The van der Waals surface area contributed by atoms with Crippen LogP contribution in [-0.4, -0.2) is 34.8 Å². The maximum absolute atomic E-state index is 13.1. The number of ketones is 1. The summed E-state index contributed by atoms with van der Waals surface area (Å²) in [6.07, 6.45) is 5.61. The third kappa shape index (κ3) is 2.58. The van der Waals surface area contributed by atoms with Crippen molar-refractivity contribution in [1.29, 1.82) is 0 Å². The number of likely N-dealkylation sites (tertiary alicyclic amines) is 1. The Bertz CT molecular complexity index is 788. The highest BCUT2D eigenvalue weighted by molar-refractivity contribution is 6.00. The van der Waals surface area contributed by atoms with Gasteiger partial charge in [0, 0.05) is 29.8 Å². The summed E-state index contributed by atoms with van der Waals surface area (Å²) < 4.78 is 5.30. The molecule has 0 bridgehead atoms. The fourth-order valence-electron chi connectivity index (χ4n) is 4.57. The van der Waals surface area contributed by atoms with Gasteiger partial charge < -0.3 is 15.2 Å². The summed E-state index contributed by atoms with van der Waals surface area (Å²) in [5, 5.41) is 4.12. The van der Waals surface area contributed by atoms with Gasteiger partial charge in [0.15, 0.2) is 5.78 Å². The summed E-state index contributed by atoms with van der Waals surface area (Å²) in [5.74, 6) is 0.977. The molecule has 1 amide bonds. The van der Waals surface area contributed by atoms with Gasteiger partial charge in [0.2, 0.25) is 0 Å². The zero-order valence-corrected chi connectivity index (χ0v) is 15.1. The summed E-state index contributed by atoms with van der Waals surface area (Å²) in [7, 11) is 0. The Labute approximate surface area is 147 Å². The molecule has 25 heavy (non-hydrogen) atoms. The molecule has 1 aromatic heterocycles. The predicted molar refractivity (Wildman–Crippen MR) is 91.8 cm³/mol. The van der Waals surface area contributed by atoms with Gasteiger partial charge in [-0.05, 0) is 38.7 Å². The van der Waals surface area contributed by atoms with Crippen LogP contribution in [0, 0.1) is 17.8 Å². The Hall–Kier alpha value is -2.11. The highest BCUT2D eigenvalue weighted by Crippen LogP contribution is 2.48. The van der Waals surface area contributed by atoms with E-state index in [-0.39, 0.29) is 17.1 Å². The fraction of sp³-hybridized carbons (Fsp3) is 0.632. The van der Waals surface area contributed by atoms with Crippen LogP contribution in [-0.2, 0) is 4.79 Å². The van der Waals surface area contributed by atoms with Crippen LogP contribution in [0.4, 0.5) is 0 Å². The van der Waals surface area contributed by atoms with E-state index in [2.05, 4.69) is 5.16 Å². The molecule has 134 valence electrons. The molecule has 2 fully saturated rings. The number of allylic oxidation sites excluding steroid dienone is 1. The molecule has 6 heteroatoms. The second kappa shape index (κ2) is 5.19. The van der Waals surface area contributed by atoms with Crippen LogP contribution in [0.5, 0.6) is 0 Å². The highest BCUT2D eigenvalue weighted by atomic mass is 16.5. The Morgan fingerprint density at radius 2 is 2.12 bits per heavy atom. The number of Topliss-reactive ketones (excluding diaryl/α,β-unsaturated/α-hetero) is 1. The first-order valence-electron chi connectivity index (χ1n) is 9.01. The molecule has 1 aromatic rings. The topological polar surface area (TPSA) is 89.4 Å². The van der Waals surface area contributed by atoms with Gasteiger partial charge in [-0.25, -0.2) is 0 Å². The second-order valence-electron chi connectivity index (χ2n) is 8.60.